The number of pyridine rings is 1. The van der Waals surface area contributed by atoms with E-state index in [1.54, 1.807) is 24.5 Å². The molecule has 0 aliphatic carbocycles. The van der Waals surface area contributed by atoms with Crippen LogP contribution in [0.2, 0.25) is 0 Å². The van der Waals surface area contributed by atoms with Crippen molar-refractivity contribution >= 4 is 17.4 Å². The smallest absolute Gasteiger partial charge is 0.319 e. The third-order valence-electron chi connectivity index (χ3n) is 3.19. The maximum absolute atomic E-state index is 12.4. The molecule has 1 aromatic heterocycles. The van der Waals surface area contributed by atoms with Crippen LogP contribution in [0.15, 0.2) is 48.8 Å². The molecule has 0 atom stereocenters. The lowest BCUT2D eigenvalue weighted by Crippen LogP contribution is -2.35. The first-order chi connectivity index (χ1) is 11.6. The highest BCUT2D eigenvalue weighted by molar-refractivity contribution is 5.89. The number of hydrogen-bond acceptors (Lipinski definition) is 5. The molecule has 1 heterocycles. The van der Waals surface area contributed by atoms with Crippen molar-refractivity contribution in [3.8, 4) is 6.07 Å². The van der Waals surface area contributed by atoms with Gasteiger partial charge >= 0.3 is 6.03 Å². The molecular weight excluding hydrogens is 310 g/mol. The fourth-order valence-corrected chi connectivity index (χ4v) is 2.05. The Morgan fingerprint density at radius 3 is 2.88 bits per heavy atom. The molecule has 0 aliphatic rings. The predicted molar refractivity (Wildman–Crippen MR) is 87.0 cm³/mol. The van der Waals surface area contributed by atoms with Gasteiger partial charge in [0.1, 0.15) is 0 Å². The van der Waals surface area contributed by atoms with E-state index < -0.39 is 11.0 Å². The van der Waals surface area contributed by atoms with Gasteiger partial charge in [0.05, 0.1) is 17.4 Å². The van der Waals surface area contributed by atoms with E-state index in [0.29, 0.717) is 5.69 Å². The largest absolute Gasteiger partial charge is 0.322 e. The standard InChI is InChI=1S/C16H15N5O3/c17-7-3-9-20(12-13-4-2-8-18-11-13)16(22)19-14-5-1-6-15(10-14)21(23)24/h1-2,4-6,8,10-11H,3,9,12H2,(H,19,22). The second-order valence-corrected chi connectivity index (χ2v) is 4.93. The first-order valence-corrected chi connectivity index (χ1v) is 7.16. The number of non-ortho nitro benzene ring substituents is 1. The van der Waals surface area contributed by atoms with Crippen molar-refractivity contribution in [2.24, 2.45) is 0 Å². The molecule has 8 heteroatoms. The lowest BCUT2D eigenvalue weighted by atomic mass is 10.2. The number of carbonyl (C=O) groups excluding carboxylic acids is 1. The third kappa shape index (κ3) is 4.78. The summed E-state index contributed by atoms with van der Waals surface area (Å²) in [6.07, 6.45) is 3.45. The molecule has 1 aromatic carbocycles. The normalized spacial score (nSPS) is 9.79. The van der Waals surface area contributed by atoms with Crippen molar-refractivity contribution in [2.75, 3.05) is 11.9 Å². The number of nitro benzene ring substituents is 1. The number of anilines is 1. The van der Waals surface area contributed by atoms with Crippen LogP contribution < -0.4 is 5.32 Å². The average molecular weight is 325 g/mol. The summed E-state index contributed by atoms with van der Waals surface area (Å²) in [5.41, 5.74) is 1.04. The van der Waals surface area contributed by atoms with E-state index in [1.807, 2.05) is 12.1 Å². The predicted octanol–water partition coefficient (Wildman–Crippen LogP) is 2.94. The number of nitro groups is 1. The second kappa shape index (κ2) is 8.24. The molecule has 24 heavy (non-hydrogen) atoms. The van der Waals surface area contributed by atoms with Crippen molar-refractivity contribution in [1.82, 2.24) is 9.88 Å². The van der Waals surface area contributed by atoms with Gasteiger partial charge in [0.2, 0.25) is 0 Å². The average Bonchev–Trinajstić information content (AvgIpc) is 2.59. The summed E-state index contributed by atoms with van der Waals surface area (Å²) in [5, 5.41) is 22.2. The van der Waals surface area contributed by atoms with Gasteiger partial charge < -0.3 is 10.2 Å². The Labute approximate surface area is 138 Å². The summed E-state index contributed by atoms with van der Waals surface area (Å²) >= 11 is 0. The summed E-state index contributed by atoms with van der Waals surface area (Å²) in [5.74, 6) is 0. The van der Waals surface area contributed by atoms with Crippen LogP contribution in [0, 0.1) is 21.4 Å². The van der Waals surface area contributed by atoms with Crippen LogP contribution in [-0.2, 0) is 6.54 Å². The quantitative estimate of drug-likeness (QED) is 0.648. The second-order valence-electron chi connectivity index (χ2n) is 4.93. The number of amides is 2. The van der Waals surface area contributed by atoms with Crippen LogP contribution in [-0.4, -0.2) is 27.4 Å². The van der Waals surface area contributed by atoms with Gasteiger partial charge in [-0.15, -0.1) is 0 Å². The number of nitrogens with zero attached hydrogens (tertiary/aromatic N) is 4. The molecule has 1 N–H and O–H groups in total. The number of hydrogen-bond donors (Lipinski definition) is 1. The first-order valence-electron chi connectivity index (χ1n) is 7.16. The summed E-state index contributed by atoms with van der Waals surface area (Å²) in [4.78, 5) is 28.1. The van der Waals surface area contributed by atoms with Gasteiger partial charge in [-0.05, 0) is 17.7 Å². The van der Waals surface area contributed by atoms with E-state index in [4.69, 9.17) is 5.26 Å². The molecule has 2 amide bonds. The molecule has 2 aromatic rings. The van der Waals surface area contributed by atoms with E-state index in [-0.39, 0.29) is 25.2 Å². The zero-order valence-corrected chi connectivity index (χ0v) is 12.8. The zero-order chi connectivity index (χ0) is 17.4. The third-order valence-corrected chi connectivity index (χ3v) is 3.19. The molecule has 2 rings (SSSR count). The van der Waals surface area contributed by atoms with E-state index >= 15 is 0 Å². The van der Waals surface area contributed by atoms with Gasteiger partial charge in [0, 0.05) is 43.3 Å². The Bertz CT molecular complexity index is 758. The molecular formula is C16H15N5O3. The van der Waals surface area contributed by atoms with Crippen molar-refractivity contribution in [3.05, 3.63) is 64.5 Å². The van der Waals surface area contributed by atoms with Crippen LogP contribution in [0.4, 0.5) is 16.2 Å². The van der Waals surface area contributed by atoms with E-state index in [9.17, 15) is 14.9 Å². The molecule has 0 spiro atoms. The monoisotopic (exact) mass is 325 g/mol. The van der Waals surface area contributed by atoms with Gasteiger partial charge in [-0.1, -0.05) is 12.1 Å². The maximum atomic E-state index is 12.4. The summed E-state index contributed by atoms with van der Waals surface area (Å²) in [6.45, 7) is 0.530. The number of aromatic nitrogens is 1. The highest BCUT2D eigenvalue weighted by Crippen LogP contribution is 2.18. The summed E-state index contributed by atoms with van der Waals surface area (Å²) in [6, 6.07) is 10.8. The number of carbonyl (C=O) groups is 1. The molecule has 0 fully saturated rings. The Kier molecular flexibility index (Phi) is 5.80. The Morgan fingerprint density at radius 1 is 1.38 bits per heavy atom. The number of nitrogens with one attached hydrogen (secondary N) is 1. The first kappa shape index (κ1) is 16.9. The van der Waals surface area contributed by atoms with Gasteiger partial charge in [0.15, 0.2) is 0 Å². The molecule has 0 unspecified atom stereocenters. The van der Waals surface area contributed by atoms with E-state index in [1.165, 1.54) is 23.1 Å². The van der Waals surface area contributed by atoms with Crippen LogP contribution in [0.25, 0.3) is 0 Å². The van der Waals surface area contributed by atoms with Crippen LogP contribution in [0.3, 0.4) is 0 Å². The van der Waals surface area contributed by atoms with Crippen LogP contribution in [0.5, 0.6) is 0 Å². The fourth-order valence-electron chi connectivity index (χ4n) is 2.05. The van der Waals surface area contributed by atoms with Crippen molar-refractivity contribution in [2.45, 2.75) is 13.0 Å². The fraction of sp³-hybridized carbons (Fsp3) is 0.188. The van der Waals surface area contributed by atoms with Crippen LogP contribution >= 0.6 is 0 Å². The lowest BCUT2D eigenvalue weighted by molar-refractivity contribution is -0.384. The minimum absolute atomic E-state index is 0.108. The molecule has 122 valence electrons. The minimum Gasteiger partial charge on any atom is -0.319 e. The van der Waals surface area contributed by atoms with Gasteiger partial charge in [0.25, 0.3) is 5.69 Å². The van der Waals surface area contributed by atoms with E-state index in [0.717, 1.165) is 5.56 Å². The summed E-state index contributed by atoms with van der Waals surface area (Å²) < 4.78 is 0. The number of nitriles is 1. The SMILES string of the molecule is N#CCCN(Cc1cccnc1)C(=O)Nc1cccc([N+](=O)[O-])c1. The summed E-state index contributed by atoms with van der Waals surface area (Å²) in [7, 11) is 0. The number of urea groups is 1. The zero-order valence-electron chi connectivity index (χ0n) is 12.8. The molecule has 0 saturated heterocycles. The minimum atomic E-state index is -0.529. The molecule has 0 bridgehead atoms. The van der Waals surface area contributed by atoms with Crippen molar-refractivity contribution < 1.29 is 9.72 Å². The van der Waals surface area contributed by atoms with Crippen LogP contribution in [0.1, 0.15) is 12.0 Å². The Morgan fingerprint density at radius 2 is 2.21 bits per heavy atom. The number of rotatable bonds is 6. The van der Waals surface area contributed by atoms with Crippen molar-refractivity contribution in [1.29, 1.82) is 5.26 Å². The Balaban J connectivity index is 2.11. The molecule has 0 radical (unpaired) electrons. The highest BCUT2D eigenvalue weighted by atomic mass is 16.6. The topological polar surface area (TPSA) is 112 Å². The van der Waals surface area contributed by atoms with Gasteiger partial charge in [-0.3, -0.25) is 15.1 Å². The van der Waals surface area contributed by atoms with Gasteiger partial charge in [-0.25, -0.2) is 4.79 Å². The molecule has 0 aliphatic heterocycles. The van der Waals surface area contributed by atoms with Gasteiger partial charge in [-0.2, -0.15) is 5.26 Å². The lowest BCUT2D eigenvalue weighted by Gasteiger charge is -2.22. The number of benzene rings is 1. The maximum Gasteiger partial charge on any atom is 0.322 e. The highest BCUT2D eigenvalue weighted by Gasteiger charge is 2.15. The molecule has 8 nitrogen and oxygen atoms in total. The molecule has 0 saturated carbocycles. The Hall–Kier alpha value is -3.47. The van der Waals surface area contributed by atoms with E-state index in [2.05, 4.69) is 10.3 Å². The van der Waals surface area contributed by atoms with Crippen molar-refractivity contribution in [3.63, 3.8) is 0 Å².